The number of aliphatic hydroxyl groups is 5. The number of allylic oxidation sites excluding steroid dienone is 3. The highest BCUT2D eigenvalue weighted by Gasteiger charge is 2.44. The average molecular weight is 600 g/mol. The number of ether oxygens (including phenoxy) is 2. The number of amides is 1. The highest BCUT2D eigenvalue weighted by Crippen LogP contribution is 2.22. The predicted octanol–water partition coefficient (Wildman–Crippen LogP) is 4.43. The van der Waals surface area contributed by atoms with Crippen LogP contribution in [0.4, 0.5) is 0 Å². The van der Waals surface area contributed by atoms with Gasteiger partial charge in [-0.3, -0.25) is 4.79 Å². The van der Waals surface area contributed by atoms with Gasteiger partial charge < -0.3 is 40.3 Å². The highest BCUT2D eigenvalue weighted by atomic mass is 16.7. The minimum atomic E-state index is -1.56. The predicted molar refractivity (Wildman–Crippen MR) is 166 cm³/mol. The van der Waals surface area contributed by atoms with Crippen molar-refractivity contribution in [2.24, 2.45) is 0 Å². The van der Waals surface area contributed by atoms with E-state index in [-0.39, 0.29) is 12.5 Å². The summed E-state index contributed by atoms with van der Waals surface area (Å²) in [6, 6.07) is -0.811. The SMILES string of the molecule is CCCCCCCCCCC/C=C/CC/C=C/C(O)C(COC1OC(CO)C(O)C(O)C1O)NC(=O)CCCCCC. The van der Waals surface area contributed by atoms with Crippen LogP contribution in [0.25, 0.3) is 0 Å². The molecular weight excluding hydrogens is 538 g/mol. The van der Waals surface area contributed by atoms with Crippen molar-refractivity contribution in [2.75, 3.05) is 13.2 Å². The van der Waals surface area contributed by atoms with E-state index in [9.17, 15) is 30.3 Å². The van der Waals surface area contributed by atoms with Crippen LogP contribution >= 0.6 is 0 Å². The molecule has 0 radical (unpaired) electrons. The molecule has 9 nitrogen and oxygen atoms in total. The Labute approximate surface area is 254 Å². The maximum atomic E-state index is 12.5. The molecule has 246 valence electrons. The van der Waals surface area contributed by atoms with Gasteiger partial charge in [-0.2, -0.15) is 0 Å². The Morgan fingerprint density at radius 1 is 0.786 bits per heavy atom. The van der Waals surface area contributed by atoms with Gasteiger partial charge >= 0.3 is 0 Å². The summed E-state index contributed by atoms with van der Waals surface area (Å²) in [5, 5.41) is 53.3. The number of unbranched alkanes of at least 4 members (excludes halogenated alkanes) is 13. The first-order valence-electron chi connectivity index (χ1n) is 16.6. The number of carbonyl (C=O) groups excluding carboxylic acids is 1. The number of rotatable bonds is 25. The summed E-state index contributed by atoms with van der Waals surface area (Å²) in [6.45, 7) is 3.58. The summed E-state index contributed by atoms with van der Waals surface area (Å²) in [5.41, 5.74) is 0. The van der Waals surface area contributed by atoms with Gasteiger partial charge in [-0.15, -0.1) is 0 Å². The fraction of sp³-hybridized carbons (Fsp3) is 0.848. The van der Waals surface area contributed by atoms with Gasteiger partial charge in [-0.05, 0) is 32.1 Å². The molecule has 0 saturated carbocycles. The van der Waals surface area contributed by atoms with Crippen LogP contribution in [0, 0.1) is 0 Å². The molecule has 1 aliphatic rings. The molecule has 0 aromatic rings. The van der Waals surface area contributed by atoms with Crippen LogP contribution in [0.2, 0.25) is 0 Å². The molecule has 9 heteroatoms. The van der Waals surface area contributed by atoms with E-state index in [1.807, 2.05) is 6.08 Å². The number of aliphatic hydroxyl groups excluding tert-OH is 5. The van der Waals surface area contributed by atoms with Crippen molar-refractivity contribution in [3.8, 4) is 0 Å². The number of hydrogen-bond acceptors (Lipinski definition) is 8. The zero-order valence-electron chi connectivity index (χ0n) is 26.2. The molecule has 7 unspecified atom stereocenters. The summed E-state index contributed by atoms with van der Waals surface area (Å²) in [7, 11) is 0. The Kier molecular flexibility index (Phi) is 23.1. The normalized spacial score (nSPS) is 24.4. The van der Waals surface area contributed by atoms with Gasteiger partial charge in [-0.1, -0.05) is 109 Å². The fourth-order valence-electron chi connectivity index (χ4n) is 4.99. The molecule has 1 fully saturated rings. The van der Waals surface area contributed by atoms with Crippen LogP contribution in [0.3, 0.4) is 0 Å². The van der Waals surface area contributed by atoms with Crippen LogP contribution < -0.4 is 5.32 Å². The summed E-state index contributed by atoms with van der Waals surface area (Å²) < 4.78 is 11.0. The first-order chi connectivity index (χ1) is 20.3. The molecule has 0 aliphatic carbocycles. The third-order valence-electron chi connectivity index (χ3n) is 7.78. The van der Waals surface area contributed by atoms with Crippen LogP contribution in [0.5, 0.6) is 0 Å². The Morgan fingerprint density at radius 2 is 1.36 bits per heavy atom. The summed E-state index contributed by atoms with van der Waals surface area (Å²) in [4.78, 5) is 12.5. The second kappa shape index (κ2) is 25.0. The molecule has 0 aromatic carbocycles. The highest BCUT2D eigenvalue weighted by molar-refractivity contribution is 5.76. The summed E-state index contributed by atoms with van der Waals surface area (Å²) in [6.07, 6.45) is 18.6. The van der Waals surface area contributed by atoms with Crippen LogP contribution in [-0.2, 0) is 14.3 Å². The van der Waals surface area contributed by atoms with Crippen molar-refractivity contribution < 1.29 is 39.8 Å². The van der Waals surface area contributed by atoms with Gasteiger partial charge in [-0.25, -0.2) is 0 Å². The smallest absolute Gasteiger partial charge is 0.220 e. The van der Waals surface area contributed by atoms with Crippen molar-refractivity contribution in [1.82, 2.24) is 5.32 Å². The monoisotopic (exact) mass is 599 g/mol. The number of carbonyl (C=O) groups is 1. The van der Waals surface area contributed by atoms with Crippen molar-refractivity contribution in [1.29, 1.82) is 0 Å². The first kappa shape index (κ1) is 38.7. The second-order valence-corrected chi connectivity index (χ2v) is 11.6. The van der Waals surface area contributed by atoms with Crippen LogP contribution in [-0.4, -0.2) is 87.5 Å². The lowest BCUT2D eigenvalue weighted by molar-refractivity contribution is -0.302. The van der Waals surface area contributed by atoms with Crippen molar-refractivity contribution in [3.05, 3.63) is 24.3 Å². The lowest BCUT2D eigenvalue weighted by atomic mass is 9.99. The molecule has 0 aromatic heterocycles. The molecule has 7 atom stereocenters. The second-order valence-electron chi connectivity index (χ2n) is 11.6. The molecule has 1 aliphatic heterocycles. The van der Waals surface area contributed by atoms with E-state index in [0.29, 0.717) is 6.42 Å². The molecule has 1 saturated heterocycles. The van der Waals surface area contributed by atoms with E-state index in [2.05, 4.69) is 31.3 Å². The van der Waals surface area contributed by atoms with E-state index in [4.69, 9.17) is 9.47 Å². The minimum absolute atomic E-state index is 0.201. The Morgan fingerprint density at radius 3 is 2.00 bits per heavy atom. The van der Waals surface area contributed by atoms with E-state index < -0.39 is 49.5 Å². The largest absolute Gasteiger partial charge is 0.394 e. The van der Waals surface area contributed by atoms with Crippen molar-refractivity contribution in [2.45, 2.75) is 166 Å². The number of hydrogen-bond donors (Lipinski definition) is 6. The molecule has 1 rings (SSSR count). The maximum absolute atomic E-state index is 12.5. The summed E-state index contributed by atoms with van der Waals surface area (Å²) >= 11 is 0. The molecular formula is C33H61NO8. The standard InChI is InChI=1S/C33H61NO8/c1-3-5-7-9-10-11-12-13-14-15-16-17-18-19-20-22-27(36)26(34-29(37)23-21-8-6-4-2)25-41-33-32(40)31(39)30(38)28(24-35)42-33/h16-17,20,22,26-28,30-33,35-36,38-40H,3-15,18-19,21,23-25H2,1-2H3,(H,34,37)/b17-16+,22-20+. The molecule has 1 amide bonds. The van der Waals surface area contributed by atoms with E-state index >= 15 is 0 Å². The summed E-state index contributed by atoms with van der Waals surface area (Å²) in [5.74, 6) is -0.208. The molecule has 0 spiro atoms. The van der Waals surface area contributed by atoms with Crippen molar-refractivity contribution in [3.63, 3.8) is 0 Å². The molecule has 42 heavy (non-hydrogen) atoms. The van der Waals surface area contributed by atoms with E-state index in [1.54, 1.807) is 6.08 Å². The van der Waals surface area contributed by atoms with E-state index in [0.717, 1.165) is 44.9 Å². The maximum Gasteiger partial charge on any atom is 0.220 e. The Bertz CT molecular complexity index is 716. The Balaban J connectivity index is 2.47. The van der Waals surface area contributed by atoms with Gasteiger partial charge in [0.05, 0.1) is 25.4 Å². The van der Waals surface area contributed by atoms with Gasteiger partial charge in [0, 0.05) is 6.42 Å². The number of nitrogens with one attached hydrogen (secondary N) is 1. The van der Waals surface area contributed by atoms with Gasteiger partial charge in [0.2, 0.25) is 5.91 Å². The quantitative estimate of drug-likeness (QED) is 0.0667. The van der Waals surface area contributed by atoms with Gasteiger partial charge in [0.25, 0.3) is 0 Å². The third-order valence-corrected chi connectivity index (χ3v) is 7.78. The third kappa shape index (κ3) is 17.1. The topological polar surface area (TPSA) is 149 Å². The fourth-order valence-corrected chi connectivity index (χ4v) is 4.99. The first-order valence-corrected chi connectivity index (χ1v) is 16.6. The van der Waals surface area contributed by atoms with Crippen LogP contribution in [0.1, 0.15) is 123 Å². The van der Waals surface area contributed by atoms with Gasteiger partial charge in [0.15, 0.2) is 6.29 Å². The van der Waals surface area contributed by atoms with E-state index in [1.165, 1.54) is 57.8 Å². The zero-order chi connectivity index (χ0) is 31.0. The lowest BCUT2D eigenvalue weighted by Gasteiger charge is -2.40. The minimum Gasteiger partial charge on any atom is -0.394 e. The molecule has 0 bridgehead atoms. The van der Waals surface area contributed by atoms with Gasteiger partial charge in [0.1, 0.15) is 24.4 Å². The van der Waals surface area contributed by atoms with Crippen LogP contribution in [0.15, 0.2) is 24.3 Å². The zero-order valence-corrected chi connectivity index (χ0v) is 26.2. The lowest BCUT2D eigenvalue weighted by Crippen LogP contribution is -2.60. The molecule has 1 heterocycles. The molecule has 6 N–H and O–H groups in total. The van der Waals surface area contributed by atoms with Crippen molar-refractivity contribution >= 4 is 5.91 Å². The Hall–Kier alpha value is -1.33. The average Bonchev–Trinajstić information content (AvgIpc) is 2.99.